The van der Waals surface area contributed by atoms with Crippen LogP contribution in [0.3, 0.4) is 0 Å². The quantitative estimate of drug-likeness (QED) is 0.759. The molecule has 1 atom stereocenters. The summed E-state index contributed by atoms with van der Waals surface area (Å²) in [5.74, 6) is 1.66. The van der Waals surface area contributed by atoms with Gasteiger partial charge in [0.15, 0.2) is 5.65 Å². The van der Waals surface area contributed by atoms with Crippen LogP contribution in [0, 0.1) is 5.92 Å². The molecule has 1 aliphatic carbocycles. The summed E-state index contributed by atoms with van der Waals surface area (Å²) < 4.78 is 0. The number of nitrogens with one attached hydrogen (secondary N) is 3. The molecule has 24 heavy (non-hydrogen) atoms. The molecule has 1 amide bonds. The Kier molecular flexibility index (Phi) is 4.47. The van der Waals surface area contributed by atoms with Gasteiger partial charge in [-0.3, -0.25) is 4.79 Å². The van der Waals surface area contributed by atoms with E-state index in [1.54, 1.807) is 12.3 Å². The van der Waals surface area contributed by atoms with Crippen LogP contribution in [0.5, 0.6) is 0 Å². The second-order valence-corrected chi connectivity index (χ2v) is 7.08. The van der Waals surface area contributed by atoms with Gasteiger partial charge in [-0.15, -0.1) is 0 Å². The standard InChI is InChI=1S/C18H25N5O/c24-18(21-9-6-13-3-1-2-8-19-13)14-7-10-20-17-16(14)22-15(23-17)11-12-4-5-12/h7,10,12-13,19H,1-6,8-9,11H2,(H,21,24)(H,20,22,23). The number of hydrogen-bond acceptors (Lipinski definition) is 4. The van der Waals surface area contributed by atoms with E-state index >= 15 is 0 Å². The van der Waals surface area contributed by atoms with Gasteiger partial charge in [-0.05, 0) is 50.6 Å². The molecule has 0 radical (unpaired) electrons. The summed E-state index contributed by atoms with van der Waals surface area (Å²) in [6.45, 7) is 1.80. The van der Waals surface area contributed by atoms with Crippen LogP contribution in [-0.2, 0) is 6.42 Å². The summed E-state index contributed by atoms with van der Waals surface area (Å²) in [5.41, 5.74) is 2.06. The average Bonchev–Trinajstić information content (AvgIpc) is 3.31. The molecule has 1 unspecified atom stereocenters. The number of fused-ring (bicyclic) bond motifs is 1. The number of aromatic amines is 1. The van der Waals surface area contributed by atoms with E-state index in [1.807, 2.05) is 0 Å². The number of rotatable bonds is 6. The zero-order valence-electron chi connectivity index (χ0n) is 14.0. The highest BCUT2D eigenvalue weighted by Gasteiger charge is 2.24. The Bertz CT molecular complexity index is 715. The van der Waals surface area contributed by atoms with Crippen LogP contribution in [0.15, 0.2) is 12.3 Å². The van der Waals surface area contributed by atoms with Gasteiger partial charge in [0.05, 0.1) is 11.1 Å². The van der Waals surface area contributed by atoms with E-state index in [1.165, 1.54) is 32.1 Å². The van der Waals surface area contributed by atoms with E-state index in [4.69, 9.17) is 0 Å². The number of imidazole rings is 1. The molecule has 1 aliphatic heterocycles. The van der Waals surface area contributed by atoms with Gasteiger partial charge in [0, 0.05) is 25.2 Å². The zero-order valence-corrected chi connectivity index (χ0v) is 14.0. The largest absolute Gasteiger partial charge is 0.352 e. The fraction of sp³-hybridized carbons (Fsp3) is 0.611. The molecule has 1 saturated carbocycles. The van der Waals surface area contributed by atoms with Crippen LogP contribution in [0.1, 0.15) is 54.7 Å². The number of nitrogens with zero attached hydrogens (tertiary/aromatic N) is 2. The van der Waals surface area contributed by atoms with Crippen LogP contribution < -0.4 is 10.6 Å². The molecule has 0 bridgehead atoms. The van der Waals surface area contributed by atoms with E-state index in [9.17, 15) is 4.79 Å². The number of hydrogen-bond donors (Lipinski definition) is 3. The topological polar surface area (TPSA) is 82.7 Å². The van der Waals surface area contributed by atoms with Crippen molar-refractivity contribution < 1.29 is 4.79 Å². The van der Waals surface area contributed by atoms with Gasteiger partial charge in [0.25, 0.3) is 5.91 Å². The first-order valence-electron chi connectivity index (χ1n) is 9.15. The van der Waals surface area contributed by atoms with Gasteiger partial charge >= 0.3 is 0 Å². The van der Waals surface area contributed by atoms with Crippen molar-refractivity contribution in [3.05, 3.63) is 23.7 Å². The first kappa shape index (κ1) is 15.6. The number of amides is 1. The first-order chi connectivity index (χ1) is 11.8. The summed E-state index contributed by atoms with van der Waals surface area (Å²) in [4.78, 5) is 24.7. The summed E-state index contributed by atoms with van der Waals surface area (Å²) in [7, 11) is 0. The van der Waals surface area contributed by atoms with Crippen LogP contribution in [-0.4, -0.2) is 40.0 Å². The minimum Gasteiger partial charge on any atom is -0.352 e. The van der Waals surface area contributed by atoms with Gasteiger partial charge in [0.2, 0.25) is 0 Å². The van der Waals surface area contributed by atoms with Gasteiger partial charge in [0.1, 0.15) is 5.82 Å². The molecule has 3 N–H and O–H groups in total. The SMILES string of the molecule is O=C(NCCC1CCCCN1)c1ccnc2nc(CC3CC3)[nH]c12. The lowest BCUT2D eigenvalue weighted by Crippen LogP contribution is -2.37. The second kappa shape index (κ2) is 6.89. The Morgan fingerprint density at radius 3 is 3.00 bits per heavy atom. The lowest BCUT2D eigenvalue weighted by molar-refractivity contribution is 0.0953. The zero-order chi connectivity index (χ0) is 16.4. The fourth-order valence-electron chi connectivity index (χ4n) is 3.47. The molecule has 2 aliphatic rings. The minimum absolute atomic E-state index is 0.0418. The third-order valence-electron chi connectivity index (χ3n) is 5.06. The fourth-order valence-corrected chi connectivity index (χ4v) is 3.47. The third-order valence-corrected chi connectivity index (χ3v) is 5.06. The highest BCUT2D eigenvalue weighted by Crippen LogP contribution is 2.32. The van der Waals surface area contributed by atoms with Gasteiger partial charge in [-0.1, -0.05) is 6.42 Å². The molecule has 0 spiro atoms. The third kappa shape index (κ3) is 3.59. The normalized spacial score (nSPS) is 21.1. The van der Waals surface area contributed by atoms with E-state index in [-0.39, 0.29) is 5.91 Å². The molecule has 1 saturated heterocycles. The Morgan fingerprint density at radius 2 is 2.21 bits per heavy atom. The average molecular weight is 327 g/mol. The highest BCUT2D eigenvalue weighted by atomic mass is 16.1. The molecule has 4 rings (SSSR count). The van der Waals surface area contributed by atoms with Crippen molar-refractivity contribution in [2.24, 2.45) is 5.92 Å². The number of carbonyl (C=O) groups excluding carboxylic acids is 1. The van der Waals surface area contributed by atoms with Crippen molar-refractivity contribution in [1.29, 1.82) is 0 Å². The first-order valence-corrected chi connectivity index (χ1v) is 9.15. The molecular weight excluding hydrogens is 302 g/mol. The number of carbonyl (C=O) groups is 1. The van der Waals surface area contributed by atoms with Crippen LogP contribution in [0.4, 0.5) is 0 Å². The molecule has 128 valence electrons. The number of piperidine rings is 1. The van der Waals surface area contributed by atoms with Gasteiger partial charge in [-0.25, -0.2) is 9.97 Å². The lowest BCUT2D eigenvalue weighted by atomic mass is 10.0. The summed E-state index contributed by atoms with van der Waals surface area (Å²) in [5, 5.41) is 6.56. The molecule has 6 heteroatoms. The predicted octanol–water partition coefficient (Wildman–Crippen LogP) is 2.17. The molecule has 2 fully saturated rings. The van der Waals surface area contributed by atoms with Crippen molar-refractivity contribution in [3.8, 4) is 0 Å². The van der Waals surface area contributed by atoms with Crippen LogP contribution in [0.25, 0.3) is 11.2 Å². The van der Waals surface area contributed by atoms with Crippen LogP contribution in [0.2, 0.25) is 0 Å². The predicted molar refractivity (Wildman–Crippen MR) is 92.9 cm³/mol. The van der Waals surface area contributed by atoms with Crippen molar-refractivity contribution >= 4 is 17.1 Å². The van der Waals surface area contributed by atoms with Crippen LogP contribution >= 0.6 is 0 Å². The summed E-state index contributed by atoms with van der Waals surface area (Å²) >= 11 is 0. The highest BCUT2D eigenvalue weighted by molar-refractivity contribution is 6.03. The van der Waals surface area contributed by atoms with Crippen molar-refractivity contribution in [3.63, 3.8) is 0 Å². The summed E-state index contributed by atoms with van der Waals surface area (Å²) in [6.07, 6.45) is 9.94. The molecule has 3 heterocycles. The molecule has 0 aromatic carbocycles. The van der Waals surface area contributed by atoms with Gasteiger partial charge < -0.3 is 15.6 Å². The number of aromatic nitrogens is 3. The number of pyridine rings is 1. The van der Waals surface area contributed by atoms with Crippen molar-refractivity contribution in [2.75, 3.05) is 13.1 Å². The summed E-state index contributed by atoms with van der Waals surface area (Å²) in [6, 6.07) is 2.31. The Morgan fingerprint density at radius 1 is 1.29 bits per heavy atom. The second-order valence-electron chi connectivity index (χ2n) is 7.08. The molecule has 6 nitrogen and oxygen atoms in total. The molecule has 2 aromatic heterocycles. The van der Waals surface area contributed by atoms with E-state index in [2.05, 4.69) is 25.6 Å². The van der Waals surface area contributed by atoms with Gasteiger partial charge in [-0.2, -0.15) is 0 Å². The maximum Gasteiger partial charge on any atom is 0.253 e. The van der Waals surface area contributed by atoms with Crippen molar-refractivity contribution in [2.45, 2.75) is 51.0 Å². The minimum atomic E-state index is -0.0418. The van der Waals surface area contributed by atoms with E-state index < -0.39 is 0 Å². The molecule has 2 aromatic rings. The van der Waals surface area contributed by atoms with Crippen molar-refractivity contribution in [1.82, 2.24) is 25.6 Å². The lowest BCUT2D eigenvalue weighted by Gasteiger charge is -2.23. The Balaban J connectivity index is 1.40. The Hall–Kier alpha value is -1.95. The Labute approximate surface area is 141 Å². The van der Waals surface area contributed by atoms with E-state index in [0.717, 1.165) is 36.6 Å². The smallest absolute Gasteiger partial charge is 0.253 e. The van der Waals surface area contributed by atoms with E-state index in [0.29, 0.717) is 23.8 Å². The monoisotopic (exact) mass is 327 g/mol. The molecular formula is C18H25N5O. The maximum atomic E-state index is 12.5. The maximum absolute atomic E-state index is 12.5. The number of H-pyrrole nitrogens is 1.